The van der Waals surface area contributed by atoms with Gasteiger partial charge in [-0.25, -0.2) is 13.6 Å². The van der Waals surface area contributed by atoms with Gasteiger partial charge >= 0.3 is 6.03 Å². The SMILES string of the molecule is O=C(NC(=O)c1cc(F)c(Cl)cc1F)Nc1ccccc1. The third-order valence-corrected chi connectivity index (χ3v) is 2.80. The number of nitrogens with one attached hydrogen (secondary N) is 2. The van der Waals surface area contributed by atoms with Crippen molar-refractivity contribution in [1.29, 1.82) is 0 Å². The molecule has 0 aliphatic rings. The second-order valence-electron chi connectivity index (χ2n) is 4.02. The van der Waals surface area contributed by atoms with E-state index < -0.39 is 34.2 Å². The van der Waals surface area contributed by atoms with Crippen LogP contribution in [-0.2, 0) is 0 Å². The Balaban J connectivity index is 2.08. The van der Waals surface area contributed by atoms with Crippen LogP contribution in [0.15, 0.2) is 42.5 Å². The van der Waals surface area contributed by atoms with Crippen molar-refractivity contribution in [3.63, 3.8) is 0 Å². The van der Waals surface area contributed by atoms with E-state index in [4.69, 9.17) is 11.6 Å². The van der Waals surface area contributed by atoms with E-state index in [9.17, 15) is 18.4 Å². The molecule has 2 N–H and O–H groups in total. The summed E-state index contributed by atoms with van der Waals surface area (Å²) in [5, 5.41) is 3.82. The molecule has 0 aromatic heterocycles. The lowest BCUT2D eigenvalue weighted by Gasteiger charge is -2.07. The van der Waals surface area contributed by atoms with Gasteiger partial charge in [-0.3, -0.25) is 10.1 Å². The van der Waals surface area contributed by atoms with E-state index in [1.54, 1.807) is 30.3 Å². The fourth-order valence-corrected chi connectivity index (χ4v) is 1.70. The zero-order valence-corrected chi connectivity index (χ0v) is 11.2. The third-order valence-electron chi connectivity index (χ3n) is 2.51. The average Bonchev–Trinajstić information content (AvgIpc) is 2.43. The summed E-state index contributed by atoms with van der Waals surface area (Å²) in [6.07, 6.45) is 0. The summed E-state index contributed by atoms with van der Waals surface area (Å²) in [7, 11) is 0. The van der Waals surface area contributed by atoms with Crippen LogP contribution < -0.4 is 10.6 Å². The number of carbonyl (C=O) groups is 2. The molecule has 0 spiro atoms. The zero-order valence-electron chi connectivity index (χ0n) is 10.5. The lowest BCUT2D eigenvalue weighted by atomic mass is 10.2. The molecule has 7 heteroatoms. The predicted octanol–water partition coefficient (Wildman–Crippen LogP) is 3.58. The molecule has 3 amide bonds. The number of hydrogen-bond donors (Lipinski definition) is 2. The van der Waals surface area contributed by atoms with Crippen molar-refractivity contribution in [2.24, 2.45) is 0 Å². The number of urea groups is 1. The Morgan fingerprint density at radius 2 is 1.67 bits per heavy atom. The molecule has 108 valence electrons. The first-order chi connectivity index (χ1) is 9.97. The van der Waals surface area contributed by atoms with Gasteiger partial charge in [0.1, 0.15) is 11.6 Å². The van der Waals surface area contributed by atoms with Gasteiger partial charge in [-0.1, -0.05) is 29.8 Å². The van der Waals surface area contributed by atoms with Gasteiger partial charge in [0.25, 0.3) is 5.91 Å². The summed E-state index contributed by atoms with van der Waals surface area (Å²) in [4.78, 5) is 23.3. The highest BCUT2D eigenvalue weighted by Crippen LogP contribution is 2.19. The van der Waals surface area contributed by atoms with Crippen LogP contribution in [0.2, 0.25) is 5.02 Å². The monoisotopic (exact) mass is 310 g/mol. The van der Waals surface area contributed by atoms with Crippen LogP contribution in [0.5, 0.6) is 0 Å². The van der Waals surface area contributed by atoms with Gasteiger partial charge in [-0.2, -0.15) is 0 Å². The van der Waals surface area contributed by atoms with Crippen LogP contribution in [0.25, 0.3) is 0 Å². The number of para-hydroxylation sites is 1. The summed E-state index contributed by atoms with van der Waals surface area (Å²) in [5.41, 5.74) is -0.161. The van der Waals surface area contributed by atoms with Crippen LogP contribution in [0.3, 0.4) is 0 Å². The highest BCUT2D eigenvalue weighted by molar-refractivity contribution is 6.30. The Hall–Kier alpha value is -2.47. The van der Waals surface area contributed by atoms with Crippen molar-refractivity contribution >= 4 is 29.2 Å². The zero-order chi connectivity index (χ0) is 15.4. The Bertz CT molecular complexity index is 693. The smallest absolute Gasteiger partial charge is 0.308 e. The van der Waals surface area contributed by atoms with E-state index in [-0.39, 0.29) is 0 Å². The normalized spacial score (nSPS) is 10.0. The molecular formula is C14H9ClF2N2O2. The lowest BCUT2D eigenvalue weighted by molar-refractivity contribution is 0.0962. The molecule has 0 heterocycles. The lowest BCUT2D eigenvalue weighted by Crippen LogP contribution is -2.34. The summed E-state index contributed by atoms with van der Waals surface area (Å²) in [5.74, 6) is -3.05. The minimum Gasteiger partial charge on any atom is -0.308 e. The Kier molecular flexibility index (Phi) is 4.49. The predicted molar refractivity (Wildman–Crippen MR) is 74.3 cm³/mol. The fraction of sp³-hybridized carbons (Fsp3) is 0. The maximum absolute atomic E-state index is 13.5. The first-order valence-corrected chi connectivity index (χ1v) is 6.17. The molecule has 2 rings (SSSR count). The molecule has 0 bridgehead atoms. The molecule has 0 aliphatic heterocycles. The second-order valence-corrected chi connectivity index (χ2v) is 4.43. The number of anilines is 1. The molecule has 0 unspecified atom stereocenters. The van der Waals surface area contributed by atoms with Gasteiger partial charge in [-0.15, -0.1) is 0 Å². The first kappa shape index (κ1) is 14.9. The topological polar surface area (TPSA) is 58.2 Å². The molecule has 0 fully saturated rings. The average molecular weight is 311 g/mol. The maximum atomic E-state index is 13.5. The highest BCUT2D eigenvalue weighted by Gasteiger charge is 2.17. The second kappa shape index (κ2) is 6.32. The van der Waals surface area contributed by atoms with Crippen molar-refractivity contribution in [3.8, 4) is 0 Å². The van der Waals surface area contributed by atoms with Crippen LogP contribution >= 0.6 is 11.6 Å². The molecule has 0 saturated carbocycles. The summed E-state index contributed by atoms with van der Waals surface area (Å²) < 4.78 is 26.7. The Morgan fingerprint density at radius 3 is 2.33 bits per heavy atom. The number of rotatable bonds is 2. The highest BCUT2D eigenvalue weighted by atomic mass is 35.5. The maximum Gasteiger partial charge on any atom is 0.326 e. The number of halogens is 3. The number of imide groups is 1. The quantitative estimate of drug-likeness (QED) is 0.833. The molecule has 2 aromatic carbocycles. The standard InChI is InChI=1S/C14H9ClF2N2O2/c15-10-7-11(16)9(6-12(10)17)13(20)19-14(21)18-8-4-2-1-3-5-8/h1-7H,(H2,18,19,20,21). The molecule has 0 saturated heterocycles. The Morgan fingerprint density at radius 1 is 1.00 bits per heavy atom. The van der Waals surface area contributed by atoms with E-state index in [2.05, 4.69) is 5.32 Å². The summed E-state index contributed by atoms with van der Waals surface area (Å²) >= 11 is 5.38. The third kappa shape index (κ3) is 3.76. The van der Waals surface area contributed by atoms with Crippen LogP contribution in [0.4, 0.5) is 19.3 Å². The number of carbonyl (C=O) groups excluding carboxylic acids is 2. The minimum atomic E-state index is -1.07. The van der Waals surface area contributed by atoms with E-state index in [1.807, 2.05) is 5.32 Å². The molecule has 0 radical (unpaired) electrons. The van der Waals surface area contributed by atoms with E-state index >= 15 is 0 Å². The number of amides is 3. The summed E-state index contributed by atoms with van der Waals surface area (Å²) in [6, 6.07) is 8.77. The minimum absolute atomic E-state index is 0.446. The van der Waals surface area contributed by atoms with Crippen molar-refractivity contribution in [2.45, 2.75) is 0 Å². The van der Waals surface area contributed by atoms with Gasteiger partial charge in [-0.05, 0) is 24.3 Å². The number of benzene rings is 2. The van der Waals surface area contributed by atoms with Crippen LogP contribution in [-0.4, -0.2) is 11.9 Å². The molecule has 4 nitrogen and oxygen atoms in total. The van der Waals surface area contributed by atoms with Crippen LogP contribution in [0.1, 0.15) is 10.4 Å². The fourth-order valence-electron chi connectivity index (χ4n) is 1.55. The largest absolute Gasteiger partial charge is 0.326 e. The van der Waals surface area contributed by atoms with Crippen LogP contribution in [0, 0.1) is 11.6 Å². The molecule has 0 aliphatic carbocycles. The Labute approximate surface area is 123 Å². The summed E-state index contributed by atoms with van der Waals surface area (Å²) in [6.45, 7) is 0. The number of hydrogen-bond acceptors (Lipinski definition) is 2. The van der Waals surface area contributed by atoms with Crippen molar-refractivity contribution in [3.05, 3.63) is 64.7 Å². The molecule has 0 atom stereocenters. The van der Waals surface area contributed by atoms with Gasteiger partial charge in [0.15, 0.2) is 0 Å². The van der Waals surface area contributed by atoms with Crippen molar-refractivity contribution < 1.29 is 18.4 Å². The molecular weight excluding hydrogens is 302 g/mol. The van der Waals surface area contributed by atoms with Gasteiger partial charge in [0.05, 0.1) is 10.6 Å². The first-order valence-electron chi connectivity index (χ1n) is 5.79. The van der Waals surface area contributed by atoms with Crippen molar-refractivity contribution in [2.75, 3.05) is 5.32 Å². The molecule has 2 aromatic rings. The van der Waals surface area contributed by atoms with Crippen molar-refractivity contribution in [1.82, 2.24) is 5.32 Å². The van der Waals surface area contributed by atoms with E-state index in [1.165, 1.54) is 0 Å². The van der Waals surface area contributed by atoms with E-state index in [0.29, 0.717) is 17.8 Å². The van der Waals surface area contributed by atoms with Gasteiger partial charge in [0.2, 0.25) is 0 Å². The van der Waals surface area contributed by atoms with Gasteiger partial charge < -0.3 is 5.32 Å². The van der Waals surface area contributed by atoms with Gasteiger partial charge in [0, 0.05) is 5.69 Å². The van der Waals surface area contributed by atoms with E-state index in [0.717, 1.165) is 0 Å². The molecule has 21 heavy (non-hydrogen) atoms.